The molecule has 5 nitrogen and oxygen atoms in total. The van der Waals surface area contributed by atoms with Gasteiger partial charge >= 0.3 is 0 Å². The average Bonchev–Trinajstić information content (AvgIpc) is 2.45. The van der Waals surface area contributed by atoms with Crippen molar-refractivity contribution in [3.8, 4) is 0 Å². The van der Waals surface area contributed by atoms with Crippen LogP contribution in [0.25, 0.3) is 10.9 Å². The number of amidine groups is 1. The van der Waals surface area contributed by atoms with Crippen molar-refractivity contribution >= 4 is 22.4 Å². The third-order valence-electron chi connectivity index (χ3n) is 3.07. The van der Waals surface area contributed by atoms with Crippen molar-refractivity contribution in [3.63, 3.8) is 0 Å². The number of rotatable bonds is 4. The molecule has 0 saturated heterocycles. The van der Waals surface area contributed by atoms with Crippen LogP contribution in [0.2, 0.25) is 0 Å². The Morgan fingerprint density at radius 2 is 2.16 bits per heavy atom. The third kappa shape index (κ3) is 2.45. The van der Waals surface area contributed by atoms with E-state index in [0.29, 0.717) is 5.56 Å². The highest BCUT2D eigenvalue weighted by molar-refractivity contribution is 6.08. The summed E-state index contributed by atoms with van der Waals surface area (Å²) < 4.78 is 0. The SMILES string of the molecule is CCCN(C)c1c(/C(N)=N/O)cnc2ccccc12. The maximum atomic E-state index is 8.91. The van der Waals surface area contributed by atoms with Crippen LogP contribution in [0, 0.1) is 0 Å². The van der Waals surface area contributed by atoms with Gasteiger partial charge in [0.15, 0.2) is 5.84 Å². The highest BCUT2D eigenvalue weighted by Gasteiger charge is 2.15. The lowest BCUT2D eigenvalue weighted by atomic mass is 10.1. The number of hydrogen-bond acceptors (Lipinski definition) is 4. The number of para-hydroxylation sites is 1. The Kier molecular flexibility index (Phi) is 3.85. The van der Waals surface area contributed by atoms with Crippen molar-refractivity contribution in [1.29, 1.82) is 0 Å². The number of benzene rings is 1. The van der Waals surface area contributed by atoms with Gasteiger partial charge in [0, 0.05) is 25.2 Å². The van der Waals surface area contributed by atoms with Gasteiger partial charge in [-0.15, -0.1) is 0 Å². The van der Waals surface area contributed by atoms with E-state index in [0.717, 1.165) is 29.6 Å². The van der Waals surface area contributed by atoms with E-state index < -0.39 is 0 Å². The first-order chi connectivity index (χ1) is 9.19. The lowest BCUT2D eigenvalue weighted by Crippen LogP contribution is -2.24. The molecule has 1 heterocycles. The molecule has 0 bridgehead atoms. The molecule has 0 aliphatic rings. The van der Waals surface area contributed by atoms with E-state index in [1.54, 1.807) is 6.20 Å². The van der Waals surface area contributed by atoms with Crippen LogP contribution >= 0.6 is 0 Å². The molecule has 0 aliphatic heterocycles. The molecule has 2 rings (SSSR count). The van der Waals surface area contributed by atoms with Gasteiger partial charge in [-0.05, 0) is 12.5 Å². The van der Waals surface area contributed by atoms with Crippen molar-refractivity contribution in [3.05, 3.63) is 36.0 Å². The van der Waals surface area contributed by atoms with Gasteiger partial charge in [-0.1, -0.05) is 30.3 Å². The first kappa shape index (κ1) is 13.1. The molecule has 0 aliphatic carbocycles. The predicted molar refractivity (Wildman–Crippen MR) is 77.8 cm³/mol. The molecule has 2 aromatic rings. The molecule has 0 atom stereocenters. The van der Waals surface area contributed by atoms with E-state index >= 15 is 0 Å². The Hall–Kier alpha value is -2.30. The maximum Gasteiger partial charge on any atom is 0.173 e. The van der Waals surface area contributed by atoms with E-state index in [1.807, 2.05) is 31.3 Å². The monoisotopic (exact) mass is 258 g/mol. The molecule has 0 radical (unpaired) electrons. The average molecular weight is 258 g/mol. The Balaban J connectivity index is 2.71. The predicted octanol–water partition coefficient (Wildman–Crippen LogP) is 2.18. The molecule has 0 unspecified atom stereocenters. The fourth-order valence-corrected chi connectivity index (χ4v) is 2.23. The normalized spacial score (nSPS) is 11.8. The summed E-state index contributed by atoms with van der Waals surface area (Å²) in [4.78, 5) is 6.46. The zero-order valence-electron chi connectivity index (χ0n) is 11.2. The van der Waals surface area contributed by atoms with E-state index in [2.05, 4.69) is 22.0 Å². The van der Waals surface area contributed by atoms with Gasteiger partial charge in [0.25, 0.3) is 0 Å². The van der Waals surface area contributed by atoms with Crippen molar-refractivity contribution in [2.75, 3.05) is 18.5 Å². The van der Waals surface area contributed by atoms with Gasteiger partial charge in [-0.2, -0.15) is 0 Å². The highest BCUT2D eigenvalue weighted by Crippen LogP contribution is 2.28. The van der Waals surface area contributed by atoms with Crippen molar-refractivity contribution < 1.29 is 5.21 Å². The molecule has 0 saturated carbocycles. The summed E-state index contributed by atoms with van der Waals surface area (Å²) >= 11 is 0. The van der Waals surface area contributed by atoms with Gasteiger partial charge in [0.05, 0.1) is 16.8 Å². The minimum Gasteiger partial charge on any atom is -0.409 e. The Bertz CT molecular complexity index is 609. The quantitative estimate of drug-likeness (QED) is 0.381. The molecule has 0 fully saturated rings. The summed E-state index contributed by atoms with van der Waals surface area (Å²) in [6.45, 7) is 3.00. The number of nitrogens with two attached hydrogens (primary N) is 1. The van der Waals surface area contributed by atoms with Crippen LogP contribution in [0.3, 0.4) is 0 Å². The number of fused-ring (bicyclic) bond motifs is 1. The van der Waals surface area contributed by atoms with Gasteiger partial charge in [-0.25, -0.2) is 0 Å². The summed E-state index contributed by atoms with van der Waals surface area (Å²) in [5.74, 6) is 0.0798. The number of pyridine rings is 1. The first-order valence-corrected chi connectivity index (χ1v) is 6.25. The van der Waals surface area contributed by atoms with Crippen molar-refractivity contribution in [2.24, 2.45) is 10.9 Å². The zero-order valence-corrected chi connectivity index (χ0v) is 11.2. The molecule has 1 aromatic heterocycles. The summed E-state index contributed by atoms with van der Waals surface area (Å²) in [6.07, 6.45) is 2.67. The van der Waals surface area contributed by atoms with Gasteiger partial charge in [-0.3, -0.25) is 4.98 Å². The number of oxime groups is 1. The molecular weight excluding hydrogens is 240 g/mol. The molecular formula is C14H18N4O. The smallest absolute Gasteiger partial charge is 0.173 e. The number of anilines is 1. The largest absolute Gasteiger partial charge is 0.409 e. The van der Waals surface area contributed by atoms with E-state index in [9.17, 15) is 0 Å². The molecule has 19 heavy (non-hydrogen) atoms. The topological polar surface area (TPSA) is 74.7 Å². The molecule has 100 valence electrons. The van der Waals surface area contributed by atoms with E-state index in [-0.39, 0.29) is 5.84 Å². The van der Waals surface area contributed by atoms with Crippen LogP contribution < -0.4 is 10.6 Å². The van der Waals surface area contributed by atoms with Crippen LogP contribution in [0.1, 0.15) is 18.9 Å². The fraction of sp³-hybridized carbons (Fsp3) is 0.286. The highest BCUT2D eigenvalue weighted by atomic mass is 16.4. The van der Waals surface area contributed by atoms with E-state index in [1.165, 1.54) is 0 Å². The van der Waals surface area contributed by atoms with Crippen molar-refractivity contribution in [1.82, 2.24) is 4.98 Å². The van der Waals surface area contributed by atoms with Crippen LogP contribution in [0.15, 0.2) is 35.6 Å². The molecule has 1 aromatic carbocycles. The van der Waals surface area contributed by atoms with Gasteiger partial charge in [0.2, 0.25) is 0 Å². The van der Waals surface area contributed by atoms with Crippen LogP contribution in [0.4, 0.5) is 5.69 Å². The summed E-state index contributed by atoms with van der Waals surface area (Å²) in [5.41, 5.74) is 8.25. The summed E-state index contributed by atoms with van der Waals surface area (Å²) in [7, 11) is 2.00. The van der Waals surface area contributed by atoms with Crippen molar-refractivity contribution in [2.45, 2.75) is 13.3 Å². The fourth-order valence-electron chi connectivity index (χ4n) is 2.23. The minimum absolute atomic E-state index is 0.0798. The Morgan fingerprint density at radius 1 is 1.42 bits per heavy atom. The maximum absolute atomic E-state index is 8.91. The molecule has 3 N–H and O–H groups in total. The van der Waals surface area contributed by atoms with E-state index in [4.69, 9.17) is 10.9 Å². The lowest BCUT2D eigenvalue weighted by molar-refractivity contribution is 0.318. The lowest BCUT2D eigenvalue weighted by Gasteiger charge is -2.23. The van der Waals surface area contributed by atoms with Crippen LogP contribution in [-0.4, -0.2) is 29.6 Å². The number of aromatic nitrogens is 1. The third-order valence-corrected chi connectivity index (χ3v) is 3.07. The second kappa shape index (κ2) is 5.56. The Labute approximate surface area is 112 Å². The second-order valence-corrected chi connectivity index (χ2v) is 4.44. The second-order valence-electron chi connectivity index (χ2n) is 4.44. The minimum atomic E-state index is 0.0798. The summed E-state index contributed by atoms with van der Waals surface area (Å²) in [5, 5.41) is 13.0. The standard InChI is InChI=1S/C14H18N4O/c1-3-8-18(2)13-10-6-4-5-7-12(10)16-9-11(13)14(15)17-19/h4-7,9,19H,3,8H2,1-2H3,(H2,15,17). The van der Waals surface area contributed by atoms with Crippen LogP contribution in [-0.2, 0) is 0 Å². The molecule has 5 heteroatoms. The zero-order chi connectivity index (χ0) is 13.8. The van der Waals surface area contributed by atoms with Gasteiger partial charge < -0.3 is 15.8 Å². The first-order valence-electron chi connectivity index (χ1n) is 6.25. The number of nitrogens with zero attached hydrogens (tertiary/aromatic N) is 3. The number of hydrogen-bond donors (Lipinski definition) is 2. The Morgan fingerprint density at radius 3 is 2.84 bits per heavy atom. The van der Waals surface area contributed by atoms with Gasteiger partial charge in [0.1, 0.15) is 0 Å². The molecule has 0 amide bonds. The molecule has 0 spiro atoms. The van der Waals surface area contributed by atoms with Crippen LogP contribution in [0.5, 0.6) is 0 Å². The summed E-state index contributed by atoms with van der Waals surface area (Å²) in [6, 6.07) is 7.86.